The van der Waals surface area contributed by atoms with Gasteiger partial charge >= 0.3 is 0 Å². The molecule has 4 heteroatoms. The van der Waals surface area contributed by atoms with Crippen molar-refractivity contribution in [2.45, 2.75) is 26.8 Å². The van der Waals surface area contributed by atoms with Crippen LogP contribution < -0.4 is 10.2 Å². The van der Waals surface area contributed by atoms with Crippen LogP contribution >= 0.6 is 0 Å². The van der Waals surface area contributed by atoms with E-state index >= 15 is 0 Å². The molecule has 1 aromatic carbocycles. The Hall–Kier alpha value is -1.13. The van der Waals surface area contributed by atoms with Crippen molar-refractivity contribution in [2.75, 3.05) is 45.7 Å². The van der Waals surface area contributed by atoms with E-state index in [-0.39, 0.29) is 5.82 Å². The normalized spacial score (nSPS) is 11.4. The van der Waals surface area contributed by atoms with E-state index < -0.39 is 0 Å². The quantitative estimate of drug-likeness (QED) is 0.755. The van der Waals surface area contributed by atoms with Crippen molar-refractivity contribution in [3.63, 3.8) is 0 Å². The first-order valence-corrected chi connectivity index (χ1v) is 7.75. The molecule has 0 aliphatic rings. The molecule has 1 aromatic rings. The fraction of sp³-hybridized carbons (Fsp3) is 0.647. The molecule has 0 aliphatic heterocycles. The molecule has 120 valence electrons. The van der Waals surface area contributed by atoms with E-state index in [4.69, 9.17) is 0 Å². The van der Waals surface area contributed by atoms with Gasteiger partial charge in [0, 0.05) is 31.4 Å². The molecular formula is C17H30FN3. The molecule has 0 amide bonds. The summed E-state index contributed by atoms with van der Waals surface area (Å²) in [4.78, 5) is 4.32. The maximum Gasteiger partial charge on any atom is 0.129 e. The Kier molecular flexibility index (Phi) is 7.68. The molecule has 0 spiro atoms. The molecule has 1 N–H and O–H groups in total. The van der Waals surface area contributed by atoms with Gasteiger partial charge in [0.15, 0.2) is 0 Å². The van der Waals surface area contributed by atoms with Crippen LogP contribution in [0.4, 0.5) is 10.1 Å². The van der Waals surface area contributed by atoms with Crippen LogP contribution in [-0.2, 0) is 6.54 Å². The maximum absolute atomic E-state index is 14.1. The van der Waals surface area contributed by atoms with Gasteiger partial charge in [0.05, 0.1) is 0 Å². The van der Waals surface area contributed by atoms with E-state index in [0.717, 1.165) is 37.3 Å². The Balaban J connectivity index is 2.69. The third-order valence-corrected chi connectivity index (χ3v) is 3.46. The highest BCUT2D eigenvalue weighted by Gasteiger charge is 2.12. The van der Waals surface area contributed by atoms with Crippen LogP contribution in [0.15, 0.2) is 18.2 Å². The molecule has 0 unspecified atom stereocenters. The van der Waals surface area contributed by atoms with E-state index in [9.17, 15) is 4.39 Å². The van der Waals surface area contributed by atoms with Crippen LogP contribution in [0.3, 0.4) is 0 Å². The molecule has 21 heavy (non-hydrogen) atoms. The Morgan fingerprint density at radius 1 is 1.14 bits per heavy atom. The van der Waals surface area contributed by atoms with Gasteiger partial charge in [0.1, 0.15) is 5.82 Å². The minimum Gasteiger partial charge on any atom is -0.374 e. The van der Waals surface area contributed by atoms with Gasteiger partial charge < -0.3 is 15.1 Å². The van der Waals surface area contributed by atoms with Gasteiger partial charge in [0.25, 0.3) is 0 Å². The summed E-state index contributed by atoms with van der Waals surface area (Å²) in [5, 5.41) is 3.34. The van der Waals surface area contributed by atoms with Gasteiger partial charge in [-0.05, 0) is 51.7 Å². The van der Waals surface area contributed by atoms with Crippen LogP contribution in [0.5, 0.6) is 0 Å². The Labute approximate surface area is 129 Å². The Bertz CT molecular complexity index is 418. The molecule has 0 saturated heterocycles. The second-order valence-electron chi connectivity index (χ2n) is 6.34. The average Bonchev–Trinajstić information content (AvgIpc) is 2.39. The summed E-state index contributed by atoms with van der Waals surface area (Å²) in [6.07, 6.45) is 1.07. The van der Waals surface area contributed by atoms with Crippen LogP contribution in [0.1, 0.15) is 25.8 Å². The molecule has 0 saturated carbocycles. The summed E-state index contributed by atoms with van der Waals surface area (Å²) in [7, 11) is 6.18. The minimum absolute atomic E-state index is 0.122. The number of anilines is 1. The number of hydrogen-bond donors (Lipinski definition) is 1. The predicted octanol–water partition coefficient (Wildman–Crippen LogP) is 2.96. The lowest BCUT2D eigenvalue weighted by molar-refractivity contribution is 0.401. The Morgan fingerprint density at radius 2 is 1.86 bits per heavy atom. The molecular weight excluding hydrogens is 265 g/mol. The topological polar surface area (TPSA) is 18.5 Å². The summed E-state index contributed by atoms with van der Waals surface area (Å²) < 4.78 is 14.1. The van der Waals surface area contributed by atoms with Gasteiger partial charge in [-0.2, -0.15) is 0 Å². The number of nitrogens with one attached hydrogen (secondary N) is 1. The summed E-state index contributed by atoms with van der Waals surface area (Å²) >= 11 is 0. The lowest BCUT2D eigenvalue weighted by Gasteiger charge is -2.24. The molecule has 0 atom stereocenters. The standard InChI is InChI=1S/C17H30FN3/c1-14(2)12-19-13-15-16(18)8-6-9-17(15)21(5)11-7-10-20(3)4/h6,8-9,14,19H,7,10-13H2,1-5H3. The molecule has 0 bridgehead atoms. The Morgan fingerprint density at radius 3 is 2.48 bits per heavy atom. The van der Waals surface area contributed by atoms with Gasteiger partial charge in [-0.25, -0.2) is 4.39 Å². The zero-order valence-electron chi connectivity index (χ0n) is 14.1. The first-order chi connectivity index (χ1) is 9.91. The highest BCUT2D eigenvalue weighted by atomic mass is 19.1. The molecule has 0 fully saturated rings. The van der Waals surface area contributed by atoms with Gasteiger partial charge in [-0.15, -0.1) is 0 Å². The van der Waals surface area contributed by atoms with Crippen LogP contribution in [0.2, 0.25) is 0 Å². The second kappa shape index (κ2) is 9.00. The van der Waals surface area contributed by atoms with E-state index in [1.54, 1.807) is 12.1 Å². The first kappa shape index (κ1) is 17.9. The molecule has 3 nitrogen and oxygen atoms in total. The number of benzene rings is 1. The van der Waals surface area contributed by atoms with Crippen molar-refractivity contribution in [3.05, 3.63) is 29.6 Å². The van der Waals surface area contributed by atoms with Crippen molar-refractivity contribution in [3.8, 4) is 0 Å². The smallest absolute Gasteiger partial charge is 0.129 e. The van der Waals surface area contributed by atoms with Gasteiger partial charge in [-0.1, -0.05) is 19.9 Å². The van der Waals surface area contributed by atoms with Gasteiger partial charge in [0.2, 0.25) is 0 Å². The van der Waals surface area contributed by atoms with Crippen LogP contribution in [0, 0.1) is 11.7 Å². The third kappa shape index (κ3) is 6.44. The zero-order chi connectivity index (χ0) is 15.8. The molecule has 0 aliphatic carbocycles. The van der Waals surface area contributed by atoms with Gasteiger partial charge in [-0.3, -0.25) is 0 Å². The van der Waals surface area contributed by atoms with Crippen molar-refractivity contribution in [1.29, 1.82) is 0 Å². The predicted molar refractivity (Wildman–Crippen MR) is 89.4 cm³/mol. The molecule has 0 radical (unpaired) electrons. The number of hydrogen-bond acceptors (Lipinski definition) is 3. The molecule has 0 aromatic heterocycles. The lowest BCUT2D eigenvalue weighted by Crippen LogP contribution is -2.26. The maximum atomic E-state index is 14.1. The zero-order valence-corrected chi connectivity index (χ0v) is 14.1. The fourth-order valence-electron chi connectivity index (χ4n) is 2.31. The minimum atomic E-state index is -0.122. The number of nitrogens with zero attached hydrogens (tertiary/aromatic N) is 2. The largest absolute Gasteiger partial charge is 0.374 e. The van der Waals surface area contributed by atoms with E-state index in [0.29, 0.717) is 12.5 Å². The SMILES string of the molecule is CC(C)CNCc1c(F)cccc1N(C)CCCN(C)C. The van der Waals surface area contributed by atoms with Crippen molar-refractivity contribution >= 4 is 5.69 Å². The summed E-state index contributed by atoms with van der Waals surface area (Å²) in [5.41, 5.74) is 1.76. The highest BCUT2D eigenvalue weighted by Crippen LogP contribution is 2.22. The third-order valence-electron chi connectivity index (χ3n) is 3.46. The second-order valence-corrected chi connectivity index (χ2v) is 6.34. The lowest BCUT2D eigenvalue weighted by atomic mass is 10.1. The number of rotatable bonds is 9. The van der Waals surface area contributed by atoms with E-state index in [1.165, 1.54) is 0 Å². The summed E-state index contributed by atoms with van der Waals surface area (Å²) in [5.74, 6) is 0.446. The van der Waals surface area contributed by atoms with E-state index in [2.05, 4.69) is 43.1 Å². The summed E-state index contributed by atoms with van der Waals surface area (Å²) in [6.45, 7) is 7.76. The number of halogens is 1. The van der Waals surface area contributed by atoms with Crippen LogP contribution in [0.25, 0.3) is 0 Å². The molecule has 1 rings (SSSR count). The summed E-state index contributed by atoms with van der Waals surface area (Å²) in [6, 6.07) is 5.34. The highest BCUT2D eigenvalue weighted by molar-refractivity contribution is 5.53. The molecule has 0 heterocycles. The monoisotopic (exact) mass is 295 g/mol. The first-order valence-electron chi connectivity index (χ1n) is 7.75. The van der Waals surface area contributed by atoms with Crippen LogP contribution in [-0.4, -0.2) is 45.7 Å². The van der Waals surface area contributed by atoms with Crippen molar-refractivity contribution < 1.29 is 4.39 Å². The van der Waals surface area contributed by atoms with E-state index in [1.807, 2.05) is 13.1 Å². The van der Waals surface area contributed by atoms with Crippen molar-refractivity contribution in [2.24, 2.45) is 5.92 Å². The average molecular weight is 295 g/mol. The fourth-order valence-corrected chi connectivity index (χ4v) is 2.31. The van der Waals surface area contributed by atoms with Crippen molar-refractivity contribution in [1.82, 2.24) is 10.2 Å².